The Balaban J connectivity index is 1.40. The number of rotatable bonds is 21. The number of thioether (sulfide) groups is 1. The van der Waals surface area contributed by atoms with Crippen molar-refractivity contribution in [2.24, 2.45) is 0 Å². The maximum atomic E-state index is 13.3. The Kier molecular flexibility index (Phi) is 16.0. The Morgan fingerprint density at radius 1 is 0.907 bits per heavy atom. The minimum Gasteiger partial charge on any atom is -0.356 e. The highest BCUT2D eigenvalue weighted by molar-refractivity contribution is 7.98. The van der Waals surface area contributed by atoms with E-state index in [0.29, 0.717) is 48.8 Å². The molecule has 0 unspecified atom stereocenters. The highest BCUT2D eigenvalue weighted by Crippen LogP contribution is 2.22. The van der Waals surface area contributed by atoms with Gasteiger partial charge in [-0.2, -0.15) is 4.98 Å². The van der Waals surface area contributed by atoms with Crippen LogP contribution in [0.15, 0.2) is 59.1 Å². The van der Waals surface area contributed by atoms with Gasteiger partial charge in [0.05, 0.1) is 0 Å². The molecular formula is C33H47FN6O2S. The monoisotopic (exact) mass is 610 g/mol. The van der Waals surface area contributed by atoms with Crippen LogP contribution < -0.4 is 10.9 Å². The molecule has 0 saturated carbocycles. The molecule has 0 radical (unpaired) electrons. The zero-order valence-corrected chi connectivity index (χ0v) is 26.6. The summed E-state index contributed by atoms with van der Waals surface area (Å²) in [6, 6.07) is 6.31. The largest absolute Gasteiger partial charge is 0.356 e. The molecule has 2 aromatic heterocycles. The van der Waals surface area contributed by atoms with E-state index in [4.69, 9.17) is 0 Å². The minimum atomic E-state index is -0.292. The van der Waals surface area contributed by atoms with Gasteiger partial charge in [0, 0.05) is 55.8 Å². The van der Waals surface area contributed by atoms with Crippen molar-refractivity contribution in [1.29, 1.82) is 0 Å². The molecule has 0 saturated heterocycles. The average molecular weight is 611 g/mol. The minimum absolute atomic E-state index is 0.0499. The molecular weight excluding hydrogens is 563 g/mol. The van der Waals surface area contributed by atoms with Gasteiger partial charge in [-0.1, -0.05) is 68.8 Å². The number of nitrogens with zero attached hydrogens (tertiary/aromatic N) is 5. The Labute approximate surface area is 259 Å². The number of aryl methyl sites for hydroxylation is 1. The fourth-order valence-electron chi connectivity index (χ4n) is 4.80. The number of aromatic nitrogens is 4. The topological polar surface area (TPSA) is 93.0 Å². The second kappa shape index (κ2) is 20.0. The lowest BCUT2D eigenvalue weighted by molar-refractivity contribution is -0.121. The van der Waals surface area contributed by atoms with Crippen LogP contribution in [0.1, 0.15) is 87.3 Å². The summed E-state index contributed by atoms with van der Waals surface area (Å²) in [5, 5.41) is 3.63. The number of hydrogen-bond donors (Lipinski definition) is 1. The number of amides is 1. The summed E-state index contributed by atoms with van der Waals surface area (Å²) in [5.74, 6) is 0.317. The van der Waals surface area contributed by atoms with Crippen LogP contribution in [-0.2, 0) is 23.5 Å². The smallest absolute Gasteiger partial charge is 0.277 e. The molecule has 10 heteroatoms. The zero-order chi connectivity index (χ0) is 30.7. The van der Waals surface area contributed by atoms with E-state index in [0.717, 1.165) is 24.0 Å². The highest BCUT2D eigenvalue weighted by Gasteiger charge is 2.12. The normalized spacial score (nSPS) is 11.3. The van der Waals surface area contributed by atoms with E-state index >= 15 is 0 Å². The quantitative estimate of drug-likeness (QED) is 0.0895. The van der Waals surface area contributed by atoms with Gasteiger partial charge >= 0.3 is 0 Å². The number of halogens is 1. The van der Waals surface area contributed by atoms with Crippen molar-refractivity contribution in [3.63, 3.8) is 0 Å². The van der Waals surface area contributed by atoms with Crippen molar-refractivity contribution in [3.8, 4) is 0 Å². The van der Waals surface area contributed by atoms with Crippen molar-refractivity contribution in [1.82, 2.24) is 29.7 Å². The van der Waals surface area contributed by atoms with Gasteiger partial charge in [-0.15, -0.1) is 0 Å². The molecule has 0 bridgehead atoms. The van der Waals surface area contributed by atoms with Gasteiger partial charge < -0.3 is 14.8 Å². The Hall–Kier alpha value is -3.11. The van der Waals surface area contributed by atoms with Crippen LogP contribution in [0.2, 0.25) is 0 Å². The Morgan fingerprint density at radius 2 is 1.56 bits per heavy atom. The second-order valence-electron chi connectivity index (χ2n) is 11.3. The summed E-state index contributed by atoms with van der Waals surface area (Å²) in [6.45, 7) is 2.45. The van der Waals surface area contributed by atoms with E-state index in [1.165, 1.54) is 81.7 Å². The van der Waals surface area contributed by atoms with Gasteiger partial charge in [-0.25, -0.2) is 14.4 Å². The number of nitrogens with one attached hydrogen (secondary N) is 1. The standard InChI is InChI=1S/C33H47FN6O2S/c1-39(2)19-11-9-7-5-3-4-6-8-10-18-37-31(41)13-12-20-40-24-29(21-28-22-35-26-36-23-28)32(42)38-33(40)43-25-27-14-16-30(34)17-15-27/h14-17,22-24,26H,3-13,18-21,25H2,1-2H3,(H,37,41). The second-order valence-corrected chi connectivity index (χ2v) is 12.3. The van der Waals surface area contributed by atoms with Crippen molar-refractivity contribution in [2.45, 2.75) is 94.5 Å². The molecule has 0 spiro atoms. The molecule has 1 amide bonds. The number of carbonyl (C=O) groups excluding carboxylic acids is 1. The summed E-state index contributed by atoms with van der Waals surface area (Å²) in [7, 11) is 4.26. The predicted octanol–water partition coefficient (Wildman–Crippen LogP) is 6.02. The molecule has 0 aliphatic rings. The predicted molar refractivity (Wildman–Crippen MR) is 172 cm³/mol. The molecule has 2 heterocycles. The van der Waals surface area contributed by atoms with Crippen LogP contribution >= 0.6 is 11.8 Å². The summed E-state index contributed by atoms with van der Waals surface area (Å²) in [5.41, 5.74) is 2.02. The molecule has 0 aliphatic heterocycles. The number of unbranched alkanes of at least 4 members (excludes halogenated alkanes) is 8. The summed E-state index contributed by atoms with van der Waals surface area (Å²) >= 11 is 1.43. The Morgan fingerprint density at radius 3 is 2.23 bits per heavy atom. The lowest BCUT2D eigenvalue weighted by Gasteiger charge is -2.14. The Bertz CT molecular complexity index is 1270. The number of hydrogen-bond acceptors (Lipinski definition) is 7. The molecule has 0 atom stereocenters. The third-order valence-corrected chi connectivity index (χ3v) is 8.29. The van der Waals surface area contributed by atoms with E-state index in [1.807, 2.05) is 10.8 Å². The maximum Gasteiger partial charge on any atom is 0.277 e. The zero-order valence-electron chi connectivity index (χ0n) is 25.8. The molecule has 1 N–H and O–H groups in total. The van der Waals surface area contributed by atoms with Crippen molar-refractivity contribution >= 4 is 17.7 Å². The first kappa shape index (κ1) is 34.4. The van der Waals surface area contributed by atoms with Crippen LogP contribution in [0.4, 0.5) is 4.39 Å². The van der Waals surface area contributed by atoms with Crippen molar-refractivity contribution in [2.75, 3.05) is 27.2 Å². The lowest BCUT2D eigenvalue weighted by atomic mass is 10.1. The van der Waals surface area contributed by atoms with Gasteiger partial charge in [0.15, 0.2) is 5.16 Å². The number of carbonyl (C=O) groups is 1. The van der Waals surface area contributed by atoms with Gasteiger partial charge in [0.1, 0.15) is 12.1 Å². The molecule has 3 rings (SSSR count). The van der Waals surface area contributed by atoms with Crippen LogP contribution in [0, 0.1) is 5.82 Å². The first-order valence-electron chi connectivity index (χ1n) is 15.5. The molecule has 234 valence electrons. The first-order chi connectivity index (χ1) is 20.9. The van der Waals surface area contributed by atoms with Crippen LogP contribution in [0.3, 0.4) is 0 Å². The SMILES string of the molecule is CN(C)CCCCCCCCCCCNC(=O)CCCn1cc(Cc2cncnc2)c(=O)nc1SCc1ccc(F)cc1. The molecule has 3 aromatic rings. The van der Waals surface area contributed by atoms with Gasteiger partial charge in [-0.3, -0.25) is 9.59 Å². The third-order valence-electron chi connectivity index (χ3n) is 7.23. The molecule has 1 aromatic carbocycles. The average Bonchev–Trinajstić information content (AvgIpc) is 2.99. The third kappa shape index (κ3) is 14.3. The first-order valence-corrected chi connectivity index (χ1v) is 16.5. The van der Waals surface area contributed by atoms with E-state index < -0.39 is 0 Å². The van der Waals surface area contributed by atoms with Crippen LogP contribution in [0.25, 0.3) is 0 Å². The summed E-state index contributed by atoms with van der Waals surface area (Å²) in [6.07, 6.45) is 19.3. The molecule has 0 fully saturated rings. The molecule has 8 nitrogen and oxygen atoms in total. The van der Waals surface area contributed by atoms with E-state index in [-0.39, 0.29) is 17.3 Å². The van der Waals surface area contributed by atoms with E-state index in [2.05, 4.69) is 39.3 Å². The van der Waals surface area contributed by atoms with Crippen LogP contribution in [-0.4, -0.2) is 57.5 Å². The summed E-state index contributed by atoms with van der Waals surface area (Å²) in [4.78, 5) is 40.0. The van der Waals surface area contributed by atoms with Gasteiger partial charge in [0.25, 0.3) is 5.56 Å². The molecule has 0 aliphatic carbocycles. The van der Waals surface area contributed by atoms with E-state index in [9.17, 15) is 14.0 Å². The van der Waals surface area contributed by atoms with Gasteiger partial charge in [-0.05, 0) is 63.2 Å². The fraction of sp³-hybridized carbons (Fsp3) is 0.545. The van der Waals surface area contributed by atoms with Crippen molar-refractivity contribution < 1.29 is 9.18 Å². The van der Waals surface area contributed by atoms with E-state index in [1.54, 1.807) is 24.5 Å². The van der Waals surface area contributed by atoms with Gasteiger partial charge in [0.2, 0.25) is 5.91 Å². The highest BCUT2D eigenvalue weighted by atomic mass is 32.2. The molecule has 43 heavy (non-hydrogen) atoms. The van der Waals surface area contributed by atoms with Crippen molar-refractivity contribution in [3.05, 3.63) is 82.0 Å². The maximum absolute atomic E-state index is 13.3. The lowest BCUT2D eigenvalue weighted by Crippen LogP contribution is -2.25. The fourth-order valence-corrected chi connectivity index (χ4v) is 5.75. The van der Waals surface area contributed by atoms with Crippen LogP contribution in [0.5, 0.6) is 0 Å². The number of benzene rings is 1. The summed E-state index contributed by atoms with van der Waals surface area (Å²) < 4.78 is 15.3.